The Balaban J connectivity index is 1.83. The summed E-state index contributed by atoms with van der Waals surface area (Å²) >= 11 is 0. The maximum absolute atomic E-state index is 12.8. The van der Waals surface area contributed by atoms with E-state index in [0.717, 1.165) is 11.1 Å². The number of anilines is 1. The monoisotopic (exact) mass is 364 g/mol. The number of benzene rings is 2. The second-order valence-corrected chi connectivity index (χ2v) is 6.36. The normalized spacial score (nSPS) is 11.7. The number of amides is 1. The second-order valence-electron chi connectivity index (χ2n) is 6.36. The van der Waals surface area contributed by atoms with Gasteiger partial charge in [0.15, 0.2) is 0 Å². The van der Waals surface area contributed by atoms with E-state index in [4.69, 9.17) is 9.47 Å². The van der Waals surface area contributed by atoms with E-state index in [9.17, 15) is 4.79 Å². The summed E-state index contributed by atoms with van der Waals surface area (Å²) in [6.45, 7) is 2.07. The lowest BCUT2D eigenvalue weighted by molar-refractivity contribution is -0.116. The third-order valence-corrected chi connectivity index (χ3v) is 4.55. The Kier molecular flexibility index (Phi) is 5.81. The molecule has 3 aromatic rings. The molecule has 0 spiro atoms. The van der Waals surface area contributed by atoms with Crippen LogP contribution in [0.5, 0.6) is 11.5 Å². The lowest BCUT2D eigenvalue weighted by Gasteiger charge is -2.21. The van der Waals surface area contributed by atoms with E-state index in [1.807, 2.05) is 36.7 Å². The molecule has 3 rings (SSSR count). The molecule has 0 aliphatic heterocycles. The summed E-state index contributed by atoms with van der Waals surface area (Å²) in [5, 5.41) is 2.96. The van der Waals surface area contributed by atoms with Gasteiger partial charge in [-0.25, -0.2) is 0 Å². The number of nitrogens with one attached hydrogen (secondary N) is 1. The Morgan fingerprint density at radius 3 is 2.22 bits per heavy atom. The zero-order chi connectivity index (χ0) is 19.2. The summed E-state index contributed by atoms with van der Waals surface area (Å²) in [5.41, 5.74) is 2.94. The topological polar surface area (TPSA) is 52.5 Å². The van der Waals surface area contributed by atoms with Crippen molar-refractivity contribution in [2.24, 2.45) is 0 Å². The molecular formula is C22H24N2O3. The largest absolute Gasteiger partial charge is 0.497 e. The molecule has 0 unspecified atom stereocenters. The highest BCUT2D eigenvalue weighted by atomic mass is 16.5. The summed E-state index contributed by atoms with van der Waals surface area (Å²) in [6.07, 6.45) is 4.29. The van der Waals surface area contributed by atoms with E-state index >= 15 is 0 Å². The molecule has 1 heterocycles. The quantitative estimate of drug-likeness (QED) is 0.675. The van der Waals surface area contributed by atoms with Crippen molar-refractivity contribution < 1.29 is 14.3 Å². The third kappa shape index (κ3) is 4.50. The molecule has 140 valence electrons. The lowest BCUT2D eigenvalue weighted by Crippen LogP contribution is -2.20. The molecule has 27 heavy (non-hydrogen) atoms. The minimum atomic E-state index is -0.0766. The molecule has 0 fully saturated rings. The van der Waals surface area contributed by atoms with Crippen molar-refractivity contribution in [1.29, 1.82) is 0 Å². The Morgan fingerprint density at radius 1 is 1.00 bits per heavy atom. The first kappa shape index (κ1) is 18.6. The smallest absolute Gasteiger partial charge is 0.226 e. The maximum atomic E-state index is 12.8. The number of nitrogens with zero attached hydrogens (tertiary/aromatic N) is 1. The molecule has 0 aliphatic carbocycles. The molecule has 2 aromatic carbocycles. The first-order valence-electron chi connectivity index (χ1n) is 8.81. The van der Waals surface area contributed by atoms with Crippen molar-refractivity contribution in [3.63, 3.8) is 0 Å². The molecule has 5 nitrogen and oxygen atoms in total. The van der Waals surface area contributed by atoms with Crippen molar-refractivity contribution in [3.8, 4) is 11.5 Å². The van der Waals surface area contributed by atoms with Gasteiger partial charge in [0.2, 0.25) is 5.91 Å². The van der Waals surface area contributed by atoms with Gasteiger partial charge in [-0.05, 0) is 30.2 Å². The standard InChI is InChI=1S/C22H24N2O3/c1-16-8-4-5-9-20(16)21(24-10-6-7-11-24)15-22(25)23-17-12-18(26-2)14-19(13-17)27-3/h4-14,21H,15H2,1-3H3,(H,23,25)/t21-/m0/s1. The van der Waals surface area contributed by atoms with E-state index in [2.05, 4.69) is 28.9 Å². The van der Waals surface area contributed by atoms with Gasteiger partial charge in [0.25, 0.3) is 0 Å². The minimum absolute atomic E-state index is 0.0753. The van der Waals surface area contributed by atoms with Crippen LogP contribution in [0.2, 0.25) is 0 Å². The molecule has 1 amide bonds. The van der Waals surface area contributed by atoms with Crippen molar-refractivity contribution >= 4 is 11.6 Å². The van der Waals surface area contributed by atoms with Crippen LogP contribution in [-0.4, -0.2) is 24.7 Å². The Labute approximate surface area is 159 Å². The summed E-state index contributed by atoms with van der Waals surface area (Å²) in [6, 6.07) is 17.3. The molecule has 0 saturated heterocycles. The van der Waals surface area contributed by atoms with E-state index in [1.54, 1.807) is 32.4 Å². The van der Waals surface area contributed by atoms with Gasteiger partial charge in [-0.1, -0.05) is 24.3 Å². The van der Waals surface area contributed by atoms with E-state index in [1.165, 1.54) is 0 Å². The average molecular weight is 364 g/mol. The van der Waals surface area contributed by atoms with Gasteiger partial charge in [0.1, 0.15) is 11.5 Å². The van der Waals surface area contributed by atoms with Crippen LogP contribution in [0.4, 0.5) is 5.69 Å². The van der Waals surface area contributed by atoms with Gasteiger partial charge in [0.05, 0.1) is 26.7 Å². The van der Waals surface area contributed by atoms with Crippen molar-refractivity contribution in [1.82, 2.24) is 4.57 Å². The lowest BCUT2D eigenvalue weighted by atomic mass is 9.98. The fourth-order valence-corrected chi connectivity index (χ4v) is 3.16. The van der Waals surface area contributed by atoms with Crippen LogP contribution in [0.3, 0.4) is 0 Å². The van der Waals surface area contributed by atoms with Gasteiger partial charge in [-0.15, -0.1) is 0 Å². The summed E-state index contributed by atoms with van der Waals surface area (Å²) < 4.78 is 12.6. The Bertz CT molecular complexity index is 881. The third-order valence-electron chi connectivity index (χ3n) is 4.55. The predicted octanol–water partition coefficient (Wildman–Crippen LogP) is 4.43. The van der Waals surface area contributed by atoms with E-state index < -0.39 is 0 Å². The Morgan fingerprint density at radius 2 is 1.63 bits per heavy atom. The van der Waals surface area contributed by atoms with Crippen LogP contribution in [0.1, 0.15) is 23.6 Å². The SMILES string of the molecule is COc1cc(NC(=O)C[C@@H](c2ccccc2C)n2cccc2)cc(OC)c1. The number of aromatic nitrogens is 1. The minimum Gasteiger partial charge on any atom is -0.497 e. The number of hydrogen-bond acceptors (Lipinski definition) is 3. The highest BCUT2D eigenvalue weighted by molar-refractivity contribution is 5.91. The van der Waals surface area contributed by atoms with E-state index in [-0.39, 0.29) is 11.9 Å². The first-order chi connectivity index (χ1) is 13.1. The summed E-state index contributed by atoms with van der Waals surface area (Å²) in [7, 11) is 3.17. The zero-order valence-electron chi connectivity index (χ0n) is 15.8. The van der Waals surface area contributed by atoms with Gasteiger partial charge >= 0.3 is 0 Å². The summed E-state index contributed by atoms with van der Waals surface area (Å²) in [4.78, 5) is 12.8. The Hall–Kier alpha value is -3.21. The van der Waals surface area contributed by atoms with Gasteiger partial charge in [0, 0.05) is 36.3 Å². The van der Waals surface area contributed by atoms with Crippen molar-refractivity contribution in [3.05, 3.63) is 78.1 Å². The van der Waals surface area contributed by atoms with Gasteiger partial charge in [-0.3, -0.25) is 4.79 Å². The fourth-order valence-electron chi connectivity index (χ4n) is 3.16. The van der Waals surface area contributed by atoms with Crippen LogP contribution < -0.4 is 14.8 Å². The number of hydrogen-bond donors (Lipinski definition) is 1. The molecule has 1 aromatic heterocycles. The number of ether oxygens (including phenoxy) is 2. The molecule has 5 heteroatoms. The highest BCUT2D eigenvalue weighted by Crippen LogP contribution is 2.28. The molecule has 1 atom stereocenters. The average Bonchev–Trinajstić information content (AvgIpc) is 3.21. The number of carbonyl (C=O) groups is 1. The van der Waals surface area contributed by atoms with Crippen molar-refractivity contribution in [2.45, 2.75) is 19.4 Å². The molecule has 0 bridgehead atoms. The molecule has 0 radical (unpaired) electrons. The molecule has 0 aliphatic rings. The number of carbonyl (C=O) groups excluding carboxylic acids is 1. The highest BCUT2D eigenvalue weighted by Gasteiger charge is 2.19. The van der Waals surface area contributed by atoms with Crippen LogP contribution in [0.25, 0.3) is 0 Å². The molecule has 0 saturated carbocycles. The molecule has 1 N–H and O–H groups in total. The van der Waals surface area contributed by atoms with Gasteiger partial charge < -0.3 is 19.4 Å². The maximum Gasteiger partial charge on any atom is 0.226 e. The van der Waals surface area contributed by atoms with E-state index in [0.29, 0.717) is 23.6 Å². The zero-order valence-corrected chi connectivity index (χ0v) is 15.8. The number of rotatable bonds is 7. The summed E-state index contributed by atoms with van der Waals surface area (Å²) in [5.74, 6) is 1.18. The number of methoxy groups -OCH3 is 2. The van der Waals surface area contributed by atoms with Crippen molar-refractivity contribution in [2.75, 3.05) is 19.5 Å². The second kappa shape index (κ2) is 8.45. The van der Waals surface area contributed by atoms with Crippen LogP contribution in [-0.2, 0) is 4.79 Å². The van der Waals surface area contributed by atoms with Crippen LogP contribution in [0, 0.1) is 6.92 Å². The van der Waals surface area contributed by atoms with Crippen LogP contribution in [0.15, 0.2) is 67.0 Å². The van der Waals surface area contributed by atoms with Gasteiger partial charge in [-0.2, -0.15) is 0 Å². The fraction of sp³-hybridized carbons (Fsp3) is 0.227. The molecular weight excluding hydrogens is 340 g/mol. The predicted molar refractivity (Wildman–Crippen MR) is 107 cm³/mol. The van der Waals surface area contributed by atoms with Crippen LogP contribution >= 0.6 is 0 Å². The first-order valence-corrected chi connectivity index (χ1v) is 8.81. The number of aryl methyl sites for hydroxylation is 1.